The van der Waals surface area contributed by atoms with E-state index >= 15 is 0 Å². The van der Waals surface area contributed by atoms with Gasteiger partial charge in [0.05, 0.1) is 17.4 Å². The lowest BCUT2D eigenvalue weighted by Gasteiger charge is -2.23. The van der Waals surface area contributed by atoms with Gasteiger partial charge in [-0.3, -0.25) is 9.78 Å². The van der Waals surface area contributed by atoms with Crippen molar-refractivity contribution in [1.29, 1.82) is 0 Å². The summed E-state index contributed by atoms with van der Waals surface area (Å²) < 4.78 is 0. The number of benzene rings is 1. The number of H-pyrrole nitrogens is 1. The summed E-state index contributed by atoms with van der Waals surface area (Å²) in [4.78, 5) is 19.8. The number of pyridine rings is 2. The molecule has 3 aromatic rings. The zero-order chi connectivity index (χ0) is 16.8. The van der Waals surface area contributed by atoms with Gasteiger partial charge in [-0.2, -0.15) is 0 Å². The topological polar surface area (TPSA) is 45.8 Å². The van der Waals surface area contributed by atoms with Crippen LogP contribution in [-0.4, -0.2) is 9.97 Å². The highest BCUT2D eigenvalue weighted by atomic mass is 16.1. The molecule has 0 atom stereocenters. The van der Waals surface area contributed by atoms with Gasteiger partial charge in [-0.1, -0.05) is 26.8 Å². The van der Waals surface area contributed by atoms with E-state index in [4.69, 9.17) is 0 Å². The molecule has 2 aromatic heterocycles. The molecule has 0 unspecified atom stereocenters. The first-order valence-corrected chi connectivity index (χ1v) is 7.86. The lowest BCUT2D eigenvalue weighted by molar-refractivity contribution is 0.585. The van der Waals surface area contributed by atoms with Gasteiger partial charge in [0.15, 0.2) is 5.43 Å². The SMILES string of the molecule is Cc1cc(C(C)(C)C)c(C)cc1-c1cc(=O)c2ccncc2[nH]1. The fourth-order valence-electron chi connectivity index (χ4n) is 3.16. The molecule has 0 saturated carbocycles. The molecule has 0 fully saturated rings. The van der Waals surface area contributed by atoms with Crippen molar-refractivity contribution >= 4 is 10.9 Å². The minimum Gasteiger partial charge on any atom is -0.353 e. The second-order valence-corrected chi connectivity index (χ2v) is 7.20. The number of nitrogens with zero attached hydrogens (tertiary/aromatic N) is 1. The van der Waals surface area contributed by atoms with E-state index in [0.717, 1.165) is 16.8 Å². The van der Waals surface area contributed by atoms with Crippen LogP contribution in [-0.2, 0) is 5.41 Å². The number of nitrogens with one attached hydrogen (secondary N) is 1. The fourth-order valence-corrected chi connectivity index (χ4v) is 3.16. The Labute approximate surface area is 136 Å². The minimum absolute atomic E-state index is 0.0214. The first kappa shape index (κ1) is 15.5. The molecule has 0 aliphatic rings. The molecule has 0 amide bonds. The minimum atomic E-state index is 0.0214. The standard InChI is InChI=1S/C20H22N2O/c1-12-9-16(20(3,4)5)13(2)8-15(12)17-10-19(23)14-6-7-21-11-18(14)22-17/h6-11H,1-5H3,(H,22,23). The molecule has 3 nitrogen and oxygen atoms in total. The van der Waals surface area contributed by atoms with Crippen LogP contribution in [0.3, 0.4) is 0 Å². The van der Waals surface area contributed by atoms with E-state index in [1.807, 2.05) is 0 Å². The summed E-state index contributed by atoms with van der Waals surface area (Å²) in [6, 6.07) is 7.83. The van der Waals surface area contributed by atoms with Crippen molar-refractivity contribution in [3.8, 4) is 11.3 Å². The number of rotatable bonds is 1. The van der Waals surface area contributed by atoms with Gasteiger partial charge in [-0.25, -0.2) is 0 Å². The zero-order valence-electron chi connectivity index (χ0n) is 14.3. The predicted octanol–water partition coefficient (Wildman–Crippen LogP) is 4.50. The Balaban J connectivity index is 2.24. The van der Waals surface area contributed by atoms with Crippen molar-refractivity contribution in [2.24, 2.45) is 0 Å². The normalized spacial score (nSPS) is 11.9. The zero-order valence-corrected chi connectivity index (χ0v) is 14.3. The second-order valence-electron chi connectivity index (χ2n) is 7.20. The van der Waals surface area contributed by atoms with Gasteiger partial charge in [-0.15, -0.1) is 0 Å². The average molecular weight is 306 g/mol. The number of aromatic nitrogens is 2. The highest BCUT2D eigenvalue weighted by Crippen LogP contribution is 2.31. The molecule has 0 saturated heterocycles. The van der Waals surface area contributed by atoms with Crippen molar-refractivity contribution in [1.82, 2.24) is 9.97 Å². The van der Waals surface area contributed by atoms with Crippen molar-refractivity contribution < 1.29 is 0 Å². The molecule has 0 aliphatic heterocycles. The van der Waals surface area contributed by atoms with E-state index in [9.17, 15) is 4.79 Å². The quantitative estimate of drug-likeness (QED) is 0.719. The van der Waals surface area contributed by atoms with Gasteiger partial charge >= 0.3 is 0 Å². The lowest BCUT2D eigenvalue weighted by Crippen LogP contribution is -2.14. The van der Waals surface area contributed by atoms with Crippen molar-refractivity contribution in [3.05, 3.63) is 63.6 Å². The Bertz CT molecular complexity index is 946. The van der Waals surface area contributed by atoms with Gasteiger partial charge in [0, 0.05) is 23.2 Å². The van der Waals surface area contributed by atoms with Gasteiger partial charge in [0.25, 0.3) is 0 Å². The molecule has 23 heavy (non-hydrogen) atoms. The van der Waals surface area contributed by atoms with Crippen LogP contribution < -0.4 is 5.43 Å². The van der Waals surface area contributed by atoms with Gasteiger partial charge in [0.1, 0.15) is 0 Å². The van der Waals surface area contributed by atoms with E-state index in [-0.39, 0.29) is 10.8 Å². The van der Waals surface area contributed by atoms with Crippen LogP contribution in [0.15, 0.2) is 41.5 Å². The maximum atomic E-state index is 12.3. The Morgan fingerprint density at radius 2 is 1.78 bits per heavy atom. The maximum Gasteiger partial charge on any atom is 0.190 e. The largest absolute Gasteiger partial charge is 0.353 e. The molecule has 3 heteroatoms. The highest BCUT2D eigenvalue weighted by molar-refractivity contribution is 5.81. The maximum absolute atomic E-state index is 12.3. The van der Waals surface area contributed by atoms with Crippen molar-refractivity contribution in [3.63, 3.8) is 0 Å². The van der Waals surface area contributed by atoms with Crippen LogP contribution in [0, 0.1) is 13.8 Å². The van der Waals surface area contributed by atoms with Crippen molar-refractivity contribution in [2.75, 3.05) is 0 Å². The van der Waals surface area contributed by atoms with E-state index in [1.165, 1.54) is 16.7 Å². The molecule has 3 rings (SSSR count). The molecule has 1 aromatic carbocycles. The molecule has 0 spiro atoms. The van der Waals surface area contributed by atoms with Crippen LogP contribution in [0.5, 0.6) is 0 Å². The van der Waals surface area contributed by atoms with E-state index < -0.39 is 0 Å². The van der Waals surface area contributed by atoms with Gasteiger partial charge in [0.2, 0.25) is 0 Å². The fraction of sp³-hybridized carbons (Fsp3) is 0.300. The van der Waals surface area contributed by atoms with E-state index in [1.54, 1.807) is 24.5 Å². The smallest absolute Gasteiger partial charge is 0.190 e. The summed E-state index contributed by atoms with van der Waals surface area (Å²) in [5.41, 5.74) is 6.55. The van der Waals surface area contributed by atoms with Gasteiger partial charge in [-0.05, 0) is 48.1 Å². The van der Waals surface area contributed by atoms with Crippen LogP contribution in [0.2, 0.25) is 0 Å². The number of hydrogen-bond acceptors (Lipinski definition) is 2. The summed E-state index contributed by atoms with van der Waals surface area (Å²) in [5, 5.41) is 0.671. The van der Waals surface area contributed by atoms with Gasteiger partial charge < -0.3 is 4.98 Å². The van der Waals surface area contributed by atoms with Crippen LogP contribution in [0.4, 0.5) is 0 Å². The van der Waals surface area contributed by atoms with Crippen LogP contribution in [0.25, 0.3) is 22.2 Å². The Morgan fingerprint density at radius 1 is 1.04 bits per heavy atom. The molecule has 118 valence electrons. The Hall–Kier alpha value is -2.42. The molecular formula is C20H22N2O. The Morgan fingerprint density at radius 3 is 2.48 bits per heavy atom. The third-order valence-electron chi connectivity index (χ3n) is 4.30. The molecule has 0 bridgehead atoms. The summed E-state index contributed by atoms with van der Waals surface area (Å²) in [6.45, 7) is 10.9. The van der Waals surface area contributed by atoms with Crippen LogP contribution >= 0.6 is 0 Å². The monoisotopic (exact) mass is 306 g/mol. The number of aryl methyl sites for hydroxylation is 2. The third-order valence-corrected chi connectivity index (χ3v) is 4.30. The van der Waals surface area contributed by atoms with Crippen LogP contribution in [0.1, 0.15) is 37.5 Å². The summed E-state index contributed by atoms with van der Waals surface area (Å²) >= 11 is 0. The summed E-state index contributed by atoms with van der Waals surface area (Å²) in [6.07, 6.45) is 3.34. The third kappa shape index (κ3) is 2.79. The summed E-state index contributed by atoms with van der Waals surface area (Å²) in [7, 11) is 0. The first-order valence-electron chi connectivity index (χ1n) is 7.86. The highest BCUT2D eigenvalue weighted by Gasteiger charge is 2.18. The molecule has 2 heterocycles. The lowest BCUT2D eigenvalue weighted by atomic mass is 9.82. The van der Waals surface area contributed by atoms with Crippen molar-refractivity contribution in [2.45, 2.75) is 40.0 Å². The molecular weight excluding hydrogens is 284 g/mol. The first-order chi connectivity index (χ1) is 10.8. The Kier molecular flexibility index (Phi) is 3.59. The molecule has 0 radical (unpaired) electrons. The number of aromatic amines is 1. The van der Waals surface area contributed by atoms with E-state index in [0.29, 0.717) is 5.39 Å². The summed E-state index contributed by atoms with van der Waals surface area (Å²) in [5.74, 6) is 0. The average Bonchev–Trinajstić information content (AvgIpc) is 2.48. The van der Waals surface area contributed by atoms with E-state index in [2.05, 4.69) is 56.7 Å². The molecule has 1 N–H and O–H groups in total. The predicted molar refractivity (Wildman–Crippen MR) is 96.0 cm³/mol. The second kappa shape index (κ2) is 5.34. The molecule has 0 aliphatic carbocycles. The number of hydrogen-bond donors (Lipinski definition) is 1. The number of fused-ring (bicyclic) bond motifs is 1.